The highest BCUT2D eigenvalue weighted by molar-refractivity contribution is 7.89. The predicted molar refractivity (Wildman–Crippen MR) is 86.3 cm³/mol. The van der Waals surface area contributed by atoms with Gasteiger partial charge >= 0.3 is 0 Å². The Labute approximate surface area is 138 Å². The molecule has 0 heterocycles. The highest BCUT2D eigenvalue weighted by Gasteiger charge is 2.14. The molecule has 2 rings (SSSR count). The number of carbonyl (C=O) groups is 1. The molecule has 0 saturated heterocycles. The maximum Gasteiger partial charge on any atom is 0.240 e. The van der Waals surface area contributed by atoms with Crippen molar-refractivity contribution in [2.45, 2.75) is 11.3 Å². The first-order chi connectivity index (χ1) is 10.9. The van der Waals surface area contributed by atoms with Crippen LogP contribution in [0, 0.1) is 5.82 Å². The Balaban J connectivity index is 1.86. The van der Waals surface area contributed by atoms with Gasteiger partial charge in [-0.15, -0.1) is 0 Å². The van der Waals surface area contributed by atoms with Crippen LogP contribution in [0.25, 0.3) is 0 Å². The number of carbonyl (C=O) groups excluding carboxylic acids is 1. The standard InChI is InChI=1S/C15H14ClFN2O3S/c16-11-2-1-3-13(10-11)19-15(20)8-9-18-23(21,22)14-6-4-12(17)5-7-14/h1-7,10,18H,8-9H2,(H,19,20). The van der Waals surface area contributed by atoms with Crippen molar-refractivity contribution in [2.75, 3.05) is 11.9 Å². The second kappa shape index (κ2) is 7.54. The van der Waals surface area contributed by atoms with Gasteiger partial charge in [0, 0.05) is 23.7 Å². The fourth-order valence-corrected chi connectivity index (χ4v) is 3.01. The Bertz CT molecular complexity index is 795. The van der Waals surface area contributed by atoms with Crippen molar-refractivity contribution < 1.29 is 17.6 Å². The molecule has 1 amide bonds. The second-order valence-electron chi connectivity index (χ2n) is 4.66. The van der Waals surface area contributed by atoms with Gasteiger partial charge in [0.2, 0.25) is 15.9 Å². The fourth-order valence-electron chi connectivity index (χ4n) is 1.79. The molecule has 0 fully saturated rings. The van der Waals surface area contributed by atoms with Gasteiger partial charge in [-0.2, -0.15) is 0 Å². The Morgan fingerprint density at radius 1 is 1.13 bits per heavy atom. The second-order valence-corrected chi connectivity index (χ2v) is 6.86. The molecule has 122 valence electrons. The maximum absolute atomic E-state index is 12.8. The quantitative estimate of drug-likeness (QED) is 0.835. The smallest absolute Gasteiger partial charge is 0.240 e. The van der Waals surface area contributed by atoms with Gasteiger partial charge in [-0.3, -0.25) is 4.79 Å². The minimum Gasteiger partial charge on any atom is -0.326 e. The van der Waals surface area contributed by atoms with Gasteiger partial charge in [0.15, 0.2) is 0 Å². The summed E-state index contributed by atoms with van der Waals surface area (Å²) in [6.07, 6.45) is -0.0487. The molecule has 0 bridgehead atoms. The van der Waals surface area contributed by atoms with Crippen molar-refractivity contribution in [1.29, 1.82) is 0 Å². The Hall–Kier alpha value is -1.96. The first-order valence-corrected chi connectivity index (χ1v) is 8.53. The molecule has 2 aromatic rings. The van der Waals surface area contributed by atoms with Crippen LogP contribution in [-0.2, 0) is 14.8 Å². The largest absolute Gasteiger partial charge is 0.326 e. The van der Waals surface area contributed by atoms with E-state index in [9.17, 15) is 17.6 Å². The van der Waals surface area contributed by atoms with Crippen LogP contribution in [0.1, 0.15) is 6.42 Å². The molecule has 23 heavy (non-hydrogen) atoms. The maximum atomic E-state index is 12.8. The minimum atomic E-state index is -3.77. The number of amides is 1. The van der Waals surface area contributed by atoms with Crippen molar-refractivity contribution in [1.82, 2.24) is 4.72 Å². The van der Waals surface area contributed by atoms with E-state index in [0.717, 1.165) is 24.3 Å². The number of benzene rings is 2. The molecule has 2 N–H and O–H groups in total. The van der Waals surface area contributed by atoms with Crippen LogP contribution in [0.5, 0.6) is 0 Å². The third-order valence-corrected chi connectivity index (χ3v) is 4.59. The predicted octanol–water partition coefficient (Wildman–Crippen LogP) is 2.79. The number of sulfonamides is 1. The van der Waals surface area contributed by atoms with Gasteiger partial charge in [-0.1, -0.05) is 17.7 Å². The highest BCUT2D eigenvalue weighted by Crippen LogP contribution is 2.15. The number of halogens is 2. The zero-order chi connectivity index (χ0) is 16.9. The molecule has 5 nitrogen and oxygen atoms in total. The molecule has 0 saturated carbocycles. The average Bonchev–Trinajstić information content (AvgIpc) is 2.47. The van der Waals surface area contributed by atoms with Crippen LogP contribution in [0.4, 0.5) is 10.1 Å². The average molecular weight is 357 g/mol. The molecule has 0 aliphatic heterocycles. The van der Waals surface area contributed by atoms with E-state index >= 15 is 0 Å². The molecular formula is C15H14ClFN2O3S. The monoisotopic (exact) mass is 356 g/mol. The molecule has 0 atom stereocenters. The van der Waals surface area contributed by atoms with E-state index in [0.29, 0.717) is 10.7 Å². The lowest BCUT2D eigenvalue weighted by Gasteiger charge is -2.08. The Kier molecular flexibility index (Phi) is 5.70. The van der Waals surface area contributed by atoms with Gasteiger partial charge in [-0.25, -0.2) is 17.5 Å². The SMILES string of the molecule is O=C(CCNS(=O)(=O)c1ccc(F)cc1)Nc1cccc(Cl)c1. The summed E-state index contributed by atoms with van der Waals surface area (Å²) in [6, 6.07) is 11.0. The third-order valence-electron chi connectivity index (χ3n) is 2.88. The minimum absolute atomic E-state index is 0.0487. The summed E-state index contributed by atoms with van der Waals surface area (Å²) < 4.78 is 39.0. The molecule has 0 aromatic heterocycles. The fraction of sp³-hybridized carbons (Fsp3) is 0.133. The first-order valence-electron chi connectivity index (χ1n) is 6.67. The van der Waals surface area contributed by atoms with Crippen LogP contribution in [0.15, 0.2) is 53.4 Å². The number of hydrogen-bond acceptors (Lipinski definition) is 3. The van der Waals surface area contributed by atoms with E-state index in [-0.39, 0.29) is 23.8 Å². The van der Waals surface area contributed by atoms with E-state index in [1.165, 1.54) is 0 Å². The molecule has 0 spiro atoms. The van der Waals surface area contributed by atoms with Crippen molar-refractivity contribution in [3.8, 4) is 0 Å². The molecule has 0 unspecified atom stereocenters. The van der Waals surface area contributed by atoms with Crippen molar-refractivity contribution >= 4 is 33.2 Å². The normalized spacial score (nSPS) is 11.2. The van der Waals surface area contributed by atoms with Crippen molar-refractivity contribution in [3.05, 3.63) is 59.4 Å². The van der Waals surface area contributed by atoms with Gasteiger partial charge in [0.1, 0.15) is 5.82 Å². The summed E-state index contributed by atoms with van der Waals surface area (Å²) in [5.41, 5.74) is 0.531. The number of anilines is 1. The van der Waals surface area contributed by atoms with Crippen LogP contribution in [0.3, 0.4) is 0 Å². The summed E-state index contributed by atoms with van der Waals surface area (Å²) in [4.78, 5) is 11.7. The van der Waals surface area contributed by atoms with Crippen LogP contribution >= 0.6 is 11.6 Å². The lowest BCUT2D eigenvalue weighted by molar-refractivity contribution is -0.116. The summed E-state index contributed by atoms with van der Waals surface area (Å²) in [7, 11) is -3.77. The topological polar surface area (TPSA) is 75.3 Å². The number of nitrogens with one attached hydrogen (secondary N) is 2. The molecular weight excluding hydrogens is 343 g/mol. The summed E-state index contributed by atoms with van der Waals surface area (Å²) in [5.74, 6) is -0.876. The first kappa shape index (κ1) is 17.4. The lowest BCUT2D eigenvalue weighted by Crippen LogP contribution is -2.27. The van der Waals surface area contributed by atoms with E-state index < -0.39 is 15.8 Å². The third kappa shape index (κ3) is 5.31. The van der Waals surface area contributed by atoms with Crippen LogP contribution in [0.2, 0.25) is 5.02 Å². The van der Waals surface area contributed by atoms with Crippen LogP contribution in [-0.4, -0.2) is 20.9 Å². The van der Waals surface area contributed by atoms with Gasteiger partial charge < -0.3 is 5.32 Å². The van der Waals surface area contributed by atoms with Gasteiger partial charge in [0.05, 0.1) is 4.90 Å². The Morgan fingerprint density at radius 2 is 1.83 bits per heavy atom. The van der Waals surface area contributed by atoms with E-state index in [2.05, 4.69) is 10.0 Å². The summed E-state index contributed by atoms with van der Waals surface area (Å²) in [6.45, 7) is -0.0773. The number of rotatable bonds is 6. The number of hydrogen-bond donors (Lipinski definition) is 2. The van der Waals surface area contributed by atoms with E-state index in [4.69, 9.17) is 11.6 Å². The lowest BCUT2D eigenvalue weighted by atomic mass is 10.3. The molecule has 0 aliphatic carbocycles. The zero-order valence-corrected chi connectivity index (χ0v) is 13.5. The molecule has 8 heteroatoms. The van der Waals surface area contributed by atoms with Crippen LogP contribution < -0.4 is 10.0 Å². The summed E-state index contributed by atoms with van der Waals surface area (Å²) in [5, 5.41) is 3.09. The molecule has 0 radical (unpaired) electrons. The Morgan fingerprint density at radius 3 is 2.48 bits per heavy atom. The van der Waals surface area contributed by atoms with Crippen molar-refractivity contribution in [3.63, 3.8) is 0 Å². The van der Waals surface area contributed by atoms with E-state index in [1.54, 1.807) is 24.3 Å². The molecule has 2 aromatic carbocycles. The highest BCUT2D eigenvalue weighted by atomic mass is 35.5. The molecule has 0 aliphatic rings. The van der Waals surface area contributed by atoms with Gasteiger partial charge in [0.25, 0.3) is 0 Å². The van der Waals surface area contributed by atoms with Crippen molar-refractivity contribution in [2.24, 2.45) is 0 Å². The van der Waals surface area contributed by atoms with Gasteiger partial charge in [-0.05, 0) is 42.5 Å². The zero-order valence-electron chi connectivity index (χ0n) is 11.9. The van der Waals surface area contributed by atoms with E-state index in [1.807, 2.05) is 0 Å². The summed E-state index contributed by atoms with van der Waals surface area (Å²) >= 11 is 5.80.